The molecule has 1 aliphatic heterocycles. The molecule has 29 heavy (non-hydrogen) atoms. The highest BCUT2D eigenvalue weighted by Gasteiger charge is 2.46. The molecule has 0 bridgehead atoms. The SMILES string of the molecule is COc1ccc(NC2(C(=O)N3C[C@@H](Cc4cc(C)[nH]n4)[C@@H](O)C3)CCCC2)cc1. The molecule has 2 atom stereocenters. The number of aryl methyl sites for hydroxylation is 1. The van der Waals surface area contributed by atoms with Crippen molar-refractivity contribution in [2.45, 2.75) is 50.7 Å². The van der Waals surface area contributed by atoms with Crippen molar-refractivity contribution in [3.8, 4) is 5.75 Å². The summed E-state index contributed by atoms with van der Waals surface area (Å²) in [4.78, 5) is 15.4. The Balaban J connectivity index is 1.46. The number of aromatic nitrogens is 2. The highest BCUT2D eigenvalue weighted by molar-refractivity contribution is 5.90. The predicted molar refractivity (Wildman–Crippen MR) is 111 cm³/mol. The molecule has 4 rings (SSSR count). The Hall–Kier alpha value is -2.54. The number of hydrogen-bond acceptors (Lipinski definition) is 5. The van der Waals surface area contributed by atoms with Crippen molar-refractivity contribution >= 4 is 11.6 Å². The van der Waals surface area contributed by atoms with Crippen molar-refractivity contribution in [3.05, 3.63) is 41.7 Å². The molecule has 7 nitrogen and oxygen atoms in total. The minimum Gasteiger partial charge on any atom is -0.497 e. The van der Waals surface area contributed by atoms with E-state index < -0.39 is 11.6 Å². The van der Waals surface area contributed by atoms with Gasteiger partial charge in [-0.25, -0.2) is 0 Å². The Morgan fingerprint density at radius 3 is 2.66 bits per heavy atom. The number of benzene rings is 1. The maximum absolute atomic E-state index is 13.6. The van der Waals surface area contributed by atoms with E-state index in [1.807, 2.05) is 42.2 Å². The molecule has 1 aliphatic carbocycles. The molecule has 0 spiro atoms. The second-order valence-electron chi connectivity index (χ2n) is 8.43. The first-order chi connectivity index (χ1) is 14.0. The lowest BCUT2D eigenvalue weighted by molar-refractivity contribution is -0.135. The van der Waals surface area contributed by atoms with Crippen LogP contribution < -0.4 is 10.1 Å². The highest BCUT2D eigenvalue weighted by Crippen LogP contribution is 2.37. The number of methoxy groups -OCH3 is 1. The molecule has 7 heteroatoms. The normalized spacial score (nSPS) is 23.3. The third kappa shape index (κ3) is 4.10. The van der Waals surface area contributed by atoms with Gasteiger partial charge < -0.3 is 20.1 Å². The third-order valence-corrected chi connectivity index (χ3v) is 6.26. The van der Waals surface area contributed by atoms with E-state index in [0.29, 0.717) is 19.5 Å². The summed E-state index contributed by atoms with van der Waals surface area (Å²) < 4.78 is 5.23. The average Bonchev–Trinajstić information content (AvgIpc) is 3.44. The number of aromatic amines is 1. The van der Waals surface area contributed by atoms with E-state index in [9.17, 15) is 9.90 Å². The molecule has 2 aromatic rings. The molecule has 2 aliphatic rings. The number of amides is 1. The van der Waals surface area contributed by atoms with E-state index in [1.54, 1.807) is 7.11 Å². The molecule has 1 aromatic carbocycles. The number of ether oxygens (including phenoxy) is 1. The van der Waals surface area contributed by atoms with E-state index in [-0.39, 0.29) is 11.8 Å². The number of carbonyl (C=O) groups excluding carboxylic acids is 1. The first kappa shape index (κ1) is 19.8. The topological polar surface area (TPSA) is 90.5 Å². The summed E-state index contributed by atoms with van der Waals surface area (Å²) in [5, 5.41) is 21.3. The van der Waals surface area contributed by atoms with Crippen LogP contribution in [0.1, 0.15) is 37.1 Å². The number of likely N-dealkylation sites (tertiary alicyclic amines) is 1. The third-order valence-electron chi connectivity index (χ3n) is 6.26. The molecule has 2 heterocycles. The zero-order valence-electron chi connectivity index (χ0n) is 17.1. The van der Waals surface area contributed by atoms with Crippen LogP contribution in [0.25, 0.3) is 0 Å². The minimum absolute atomic E-state index is 0.0149. The smallest absolute Gasteiger partial charge is 0.248 e. The van der Waals surface area contributed by atoms with Crippen LogP contribution in [0.4, 0.5) is 5.69 Å². The first-order valence-electron chi connectivity index (χ1n) is 10.4. The monoisotopic (exact) mass is 398 g/mol. The van der Waals surface area contributed by atoms with Crippen LogP contribution in [0.15, 0.2) is 30.3 Å². The summed E-state index contributed by atoms with van der Waals surface area (Å²) in [6, 6.07) is 9.70. The number of rotatable bonds is 6. The number of β-amino-alcohol motifs (C(OH)–C–C–N with tert-alkyl or cyclic N) is 1. The largest absolute Gasteiger partial charge is 0.497 e. The predicted octanol–water partition coefficient (Wildman–Crippen LogP) is 2.51. The zero-order chi connectivity index (χ0) is 20.4. The van der Waals surface area contributed by atoms with Gasteiger partial charge in [0.15, 0.2) is 0 Å². The quantitative estimate of drug-likeness (QED) is 0.696. The van der Waals surface area contributed by atoms with E-state index in [4.69, 9.17) is 4.74 Å². The number of carbonyl (C=O) groups is 1. The van der Waals surface area contributed by atoms with E-state index >= 15 is 0 Å². The number of anilines is 1. The number of nitrogens with zero attached hydrogens (tertiary/aromatic N) is 2. The van der Waals surface area contributed by atoms with E-state index in [0.717, 1.165) is 48.5 Å². The van der Waals surface area contributed by atoms with Crippen molar-refractivity contribution in [2.75, 3.05) is 25.5 Å². The Kier molecular flexibility index (Phi) is 5.50. The number of H-pyrrole nitrogens is 1. The van der Waals surface area contributed by atoms with Gasteiger partial charge in [0.05, 0.1) is 18.9 Å². The lowest BCUT2D eigenvalue weighted by Gasteiger charge is -2.34. The molecular formula is C22H30N4O3. The standard InChI is InChI=1S/C22H30N4O3/c1-15-11-18(25-24-15)12-16-13-26(14-20(16)27)21(28)22(9-3-4-10-22)23-17-5-7-19(29-2)8-6-17/h5-8,11,16,20,23,27H,3-4,9-10,12-14H2,1-2H3,(H,24,25)/t16-,20+/m1/s1. The van der Waals surface area contributed by atoms with Crippen LogP contribution in [0.5, 0.6) is 5.75 Å². The van der Waals surface area contributed by atoms with Gasteiger partial charge >= 0.3 is 0 Å². The van der Waals surface area contributed by atoms with Gasteiger partial charge in [-0.2, -0.15) is 5.10 Å². The fourth-order valence-corrected chi connectivity index (χ4v) is 4.69. The van der Waals surface area contributed by atoms with Gasteiger partial charge in [-0.3, -0.25) is 9.89 Å². The summed E-state index contributed by atoms with van der Waals surface area (Å²) in [6.45, 7) is 2.92. The Bertz CT molecular complexity index is 842. The Labute approximate surface area is 171 Å². The Morgan fingerprint density at radius 1 is 1.31 bits per heavy atom. The fraction of sp³-hybridized carbons (Fsp3) is 0.545. The minimum atomic E-state index is -0.591. The van der Waals surface area contributed by atoms with Crippen molar-refractivity contribution in [1.29, 1.82) is 0 Å². The van der Waals surface area contributed by atoms with Crippen LogP contribution in [-0.2, 0) is 11.2 Å². The molecule has 1 amide bonds. The van der Waals surface area contributed by atoms with Crippen LogP contribution in [-0.4, -0.2) is 58.0 Å². The number of nitrogens with one attached hydrogen (secondary N) is 2. The van der Waals surface area contributed by atoms with Gasteiger partial charge in [-0.1, -0.05) is 12.8 Å². The number of hydrogen-bond donors (Lipinski definition) is 3. The zero-order valence-corrected chi connectivity index (χ0v) is 17.1. The van der Waals surface area contributed by atoms with Crippen molar-refractivity contribution < 1.29 is 14.6 Å². The molecule has 156 valence electrons. The van der Waals surface area contributed by atoms with Crippen molar-refractivity contribution in [2.24, 2.45) is 5.92 Å². The molecule has 1 saturated heterocycles. The van der Waals surface area contributed by atoms with Crippen molar-refractivity contribution in [1.82, 2.24) is 15.1 Å². The summed E-state index contributed by atoms with van der Waals surface area (Å²) in [7, 11) is 1.64. The van der Waals surface area contributed by atoms with Crippen LogP contribution in [0.3, 0.4) is 0 Å². The molecule has 2 fully saturated rings. The van der Waals surface area contributed by atoms with Crippen LogP contribution in [0, 0.1) is 12.8 Å². The summed E-state index contributed by atoms with van der Waals surface area (Å²) in [5.41, 5.74) is 2.28. The summed E-state index contributed by atoms with van der Waals surface area (Å²) in [5.74, 6) is 0.910. The second-order valence-corrected chi connectivity index (χ2v) is 8.43. The highest BCUT2D eigenvalue weighted by atomic mass is 16.5. The molecule has 3 N–H and O–H groups in total. The molecule has 0 radical (unpaired) electrons. The van der Waals surface area contributed by atoms with Crippen LogP contribution in [0.2, 0.25) is 0 Å². The summed E-state index contributed by atoms with van der Waals surface area (Å²) >= 11 is 0. The lowest BCUT2D eigenvalue weighted by atomic mass is 9.94. The average molecular weight is 399 g/mol. The lowest BCUT2D eigenvalue weighted by Crippen LogP contribution is -2.52. The molecule has 0 unspecified atom stereocenters. The summed E-state index contributed by atoms with van der Waals surface area (Å²) in [6.07, 6.45) is 3.84. The maximum atomic E-state index is 13.6. The molecule has 1 saturated carbocycles. The first-order valence-corrected chi connectivity index (χ1v) is 10.4. The number of aliphatic hydroxyl groups excluding tert-OH is 1. The van der Waals surface area contributed by atoms with Crippen molar-refractivity contribution in [3.63, 3.8) is 0 Å². The van der Waals surface area contributed by atoms with Gasteiger partial charge in [0.1, 0.15) is 11.3 Å². The van der Waals surface area contributed by atoms with Gasteiger partial charge in [0.2, 0.25) is 5.91 Å². The molecule has 1 aromatic heterocycles. The maximum Gasteiger partial charge on any atom is 0.248 e. The molecular weight excluding hydrogens is 368 g/mol. The second kappa shape index (κ2) is 8.06. The fourth-order valence-electron chi connectivity index (χ4n) is 4.69. The van der Waals surface area contributed by atoms with E-state index in [1.165, 1.54) is 0 Å². The van der Waals surface area contributed by atoms with Gasteiger partial charge in [0, 0.05) is 30.4 Å². The van der Waals surface area contributed by atoms with Crippen LogP contribution >= 0.6 is 0 Å². The number of aliphatic hydroxyl groups is 1. The van der Waals surface area contributed by atoms with Gasteiger partial charge in [-0.05, 0) is 56.5 Å². The Morgan fingerprint density at radius 2 is 2.03 bits per heavy atom. The van der Waals surface area contributed by atoms with Gasteiger partial charge in [0.25, 0.3) is 0 Å². The van der Waals surface area contributed by atoms with E-state index in [2.05, 4.69) is 15.5 Å². The van der Waals surface area contributed by atoms with Gasteiger partial charge in [-0.15, -0.1) is 0 Å².